The van der Waals surface area contributed by atoms with Gasteiger partial charge in [0, 0.05) is 0 Å². The average Bonchev–Trinajstić information content (AvgIpc) is 2.44. The highest BCUT2D eigenvalue weighted by Gasteiger charge is 2.53. The van der Waals surface area contributed by atoms with E-state index in [2.05, 4.69) is 9.92 Å². The second-order valence-corrected chi connectivity index (χ2v) is 5.38. The summed E-state index contributed by atoms with van der Waals surface area (Å²) in [5.74, 6) is -3.20. The Morgan fingerprint density at radius 1 is 1.29 bits per heavy atom. The lowest BCUT2D eigenvalue weighted by Crippen LogP contribution is -2.44. The van der Waals surface area contributed by atoms with Gasteiger partial charge in [0.1, 0.15) is 12.4 Å². The lowest BCUT2D eigenvalue weighted by atomic mass is 10.1. The van der Waals surface area contributed by atoms with E-state index in [1.54, 1.807) is 6.07 Å². The quantitative estimate of drug-likeness (QED) is 0.570. The van der Waals surface area contributed by atoms with Crippen LogP contribution >= 0.6 is 0 Å². The zero-order chi connectivity index (χ0) is 16.3. The van der Waals surface area contributed by atoms with Crippen molar-refractivity contribution >= 4 is 21.8 Å². The normalized spacial score (nSPS) is 12.0. The van der Waals surface area contributed by atoms with Crippen LogP contribution in [-0.2, 0) is 19.1 Å². The molecule has 0 saturated heterocycles. The SMILES string of the molecule is COc1ccccc1C(=O)COS(=O)(=O)C(F)(F)C(N)=O. The number of hydrogen-bond donors (Lipinski definition) is 1. The molecule has 116 valence electrons. The molecule has 0 aliphatic rings. The zero-order valence-corrected chi connectivity index (χ0v) is 11.5. The number of rotatable bonds is 7. The number of methoxy groups -OCH3 is 1. The molecule has 0 saturated carbocycles. The zero-order valence-electron chi connectivity index (χ0n) is 10.7. The Hall–Kier alpha value is -2.07. The predicted molar refractivity (Wildman–Crippen MR) is 66.3 cm³/mol. The second kappa shape index (κ2) is 6.14. The topological polar surface area (TPSA) is 113 Å². The van der Waals surface area contributed by atoms with Gasteiger partial charge < -0.3 is 10.5 Å². The standard InChI is InChI=1S/C11H11F2NO6S/c1-19-9-5-3-2-4-7(9)8(15)6-20-21(17,18)11(12,13)10(14)16/h2-5H,6H2,1H3,(H2,14,16). The van der Waals surface area contributed by atoms with Crippen molar-refractivity contribution in [2.24, 2.45) is 5.73 Å². The van der Waals surface area contributed by atoms with Crippen LogP contribution in [0.3, 0.4) is 0 Å². The second-order valence-electron chi connectivity index (χ2n) is 3.72. The molecule has 0 radical (unpaired) electrons. The fourth-order valence-electron chi connectivity index (χ4n) is 1.28. The van der Waals surface area contributed by atoms with Crippen molar-refractivity contribution in [1.82, 2.24) is 0 Å². The number of para-hydroxylation sites is 1. The number of carbonyl (C=O) groups is 2. The van der Waals surface area contributed by atoms with Gasteiger partial charge in [0.2, 0.25) is 0 Å². The molecule has 0 aliphatic heterocycles. The average molecular weight is 323 g/mol. The van der Waals surface area contributed by atoms with Crippen LogP contribution in [0.4, 0.5) is 8.78 Å². The van der Waals surface area contributed by atoms with E-state index in [0.29, 0.717) is 0 Å². The van der Waals surface area contributed by atoms with E-state index in [1.165, 1.54) is 25.3 Å². The Morgan fingerprint density at radius 2 is 1.86 bits per heavy atom. The van der Waals surface area contributed by atoms with Crippen molar-refractivity contribution in [1.29, 1.82) is 0 Å². The first-order valence-corrected chi connectivity index (χ1v) is 6.77. The number of hydrogen-bond acceptors (Lipinski definition) is 6. The van der Waals surface area contributed by atoms with Crippen LogP contribution in [0.15, 0.2) is 24.3 Å². The van der Waals surface area contributed by atoms with Gasteiger partial charge in [-0.25, -0.2) is 0 Å². The molecule has 0 aromatic heterocycles. The summed E-state index contributed by atoms with van der Waals surface area (Å²) in [6.45, 7) is -1.22. The summed E-state index contributed by atoms with van der Waals surface area (Å²) in [5.41, 5.74) is 4.21. The Kier molecular flexibility index (Phi) is 4.97. The Balaban J connectivity index is 2.89. The number of ketones is 1. The number of primary amides is 1. The van der Waals surface area contributed by atoms with Crippen molar-refractivity contribution in [2.45, 2.75) is 5.25 Å². The third-order valence-corrected chi connectivity index (χ3v) is 3.61. The van der Waals surface area contributed by atoms with Gasteiger partial charge in [0.15, 0.2) is 5.78 Å². The van der Waals surface area contributed by atoms with Crippen LogP contribution in [0.1, 0.15) is 10.4 Å². The first-order valence-electron chi connectivity index (χ1n) is 5.36. The largest absolute Gasteiger partial charge is 0.496 e. The molecule has 1 aromatic rings. The van der Waals surface area contributed by atoms with Gasteiger partial charge in [-0.1, -0.05) is 12.1 Å². The summed E-state index contributed by atoms with van der Waals surface area (Å²) in [5, 5.41) is -4.92. The molecule has 0 spiro atoms. The molecule has 2 N–H and O–H groups in total. The third kappa shape index (κ3) is 3.52. The molecule has 21 heavy (non-hydrogen) atoms. The van der Waals surface area contributed by atoms with Gasteiger partial charge in [0.05, 0.1) is 12.7 Å². The molecule has 0 atom stereocenters. The fraction of sp³-hybridized carbons (Fsp3) is 0.273. The predicted octanol–water partition coefficient (Wildman–Crippen LogP) is 0.302. The number of halogens is 2. The summed E-state index contributed by atoms with van der Waals surface area (Å²) < 4.78 is 57.0. The van der Waals surface area contributed by atoms with Crippen molar-refractivity contribution in [3.05, 3.63) is 29.8 Å². The highest BCUT2D eigenvalue weighted by atomic mass is 32.2. The minimum Gasteiger partial charge on any atom is -0.496 e. The van der Waals surface area contributed by atoms with E-state index in [0.717, 1.165) is 0 Å². The van der Waals surface area contributed by atoms with E-state index < -0.39 is 33.7 Å². The first-order chi connectivity index (χ1) is 9.63. The van der Waals surface area contributed by atoms with Gasteiger partial charge in [0.25, 0.3) is 0 Å². The number of benzene rings is 1. The monoisotopic (exact) mass is 323 g/mol. The number of ether oxygens (including phenoxy) is 1. The Labute approximate surface area is 118 Å². The lowest BCUT2D eigenvalue weighted by molar-refractivity contribution is -0.132. The molecule has 1 rings (SSSR count). The van der Waals surface area contributed by atoms with Gasteiger partial charge >= 0.3 is 21.3 Å². The van der Waals surface area contributed by atoms with Crippen molar-refractivity contribution < 1.29 is 35.7 Å². The maximum Gasteiger partial charge on any atom is 0.446 e. The molecule has 0 unspecified atom stereocenters. The van der Waals surface area contributed by atoms with Crippen LogP contribution in [0, 0.1) is 0 Å². The molecule has 10 heteroatoms. The summed E-state index contributed by atoms with van der Waals surface area (Å²) in [4.78, 5) is 22.1. The fourth-order valence-corrected chi connectivity index (χ4v) is 1.94. The van der Waals surface area contributed by atoms with Crippen LogP contribution in [0.2, 0.25) is 0 Å². The molecule has 7 nitrogen and oxygen atoms in total. The molecule has 0 fully saturated rings. The Bertz CT molecular complexity index is 658. The van der Waals surface area contributed by atoms with Gasteiger partial charge in [-0.2, -0.15) is 17.2 Å². The summed E-state index contributed by atoms with van der Waals surface area (Å²) in [6, 6.07) is 5.72. The highest BCUT2D eigenvalue weighted by Crippen LogP contribution is 2.24. The van der Waals surface area contributed by atoms with Crippen LogP contribution in [0.25, 0.3) is 0 Å². The first kappa shape index (κ1) is 17.0. The molecule has 0 aliphatic carbocycles. The van der Waals surface area contributed by atoms with E-state index in [4.69, 9.17) is 4.74 Å². The van der Waals surface area contributed by atoms with Crippen molar-refractivity contribution in [2.75, 3.05) is 13.7 Å². The molecular formula is C11H11F2NO6S. The number of carbonyl (C=O) groups excluding carboxylic acids is 2. The maximum atomic E-state index is 13.0. The molecule has 1 aromatic carbocycles. The van der Waals surface area contributed by atoms with Crippen LogP contribution in [0.5, 0.6) is 5.75 Å². The summed E-state index contributed by atoms with van der Waals surface area (Å²) >= 11 is 0. The minimum atomic E-state index is -5.65. The van der Waals surface area contributed by atoms with Crippen LogP contribution < -0.4 is 10.5 Å². The van der Waals surface area contributed by atoms with Crippen molar-refractivity contribution in [3.63, 3.8) is 0 Å². The molecule has 0 heterocycles. The summed E-state index contributed by atoms with van der Waals surface area (Å²) in [6.07, 6.45) is 0. The summed E-state index contributed by atoms with van der Waals surface area (Å²) in [7, 11) is -4.38. The molecule has 0 bridgehead atoms. The maximum absolute atomic E-state index is 13.0. The third-order valence-electron chi connectivity index (χ3n) is 2.35. The minimum absolute atomic E-state index is 0.0578. The number of amides is 1. The van der Waals surface area contributed by atoms with E-state index >= 15 is 0 Å². The van der Waals surface area contributed by atoms with E-state index in [9.17, 15) is 26.8 Å². The van der Waals surface area contributed by atoms with Crippen molar-refractivity contribution in [3.8, 4) is 5.75 Å². The lowest BCUT2D eigenvalue weighted by Gasteiger charge is -2.13. The molecule has 1 amide bonds. The van der Waals surface area contributed by atoms with E-state index in [-0.39, 0.29) is 11.3 Å². The number of Topliss-reactive ketones (excluding diaryl/α,β-unsaturated/α-hetero) is 1. The van der Waals surface area contributed by atoms with Gasteiger partial charge in [-0.3, -0.25) is 13.8 Å². The van der Waals surface area contributed by atoms with Gasteiger partial charge in [-0.05, 0) is 12.1 Å². The number of alkyl halides is 2. The van der Waals surface area contributed by atoms with E-state index in [1.807, 2.05) is 0 Å². The molecular weight excluding hydrogens is 312 g/mol. The number of nitrogens with two attached hydrogens (primary N) is 1. The Morgan fingerprint density at radius 3 is 2.38 bits per heavy atom. The van der Waals surface area contributed by atoms with Crippen LogP contribution in [-0.4, -0.2) is 39.1 Å². The van der Waals surface area contributed by atoms with Gasteiger partial charge in [-0.15, -0.1) is 0 Å². The smallest absolute Gasteiger partial charge is 0.446 e. The highest BCUT2D eigenvalue weighted by molar-refractivity contribution is 7.88.